The Bertz CT molecular complexity index is 1210. The number of amides is 2. The predicted molar refractivity (Wildman–Crippen MR) is 129 cm³/mol. The SMILES string of the molecule is O=C(O)CCCCNC(=O)c1ccc(NC(=O)OCC2c3ccccc3-c3ccccc32)c(F)c1. The monoisotopic (exact) mass is 476 g/mol. The molecule has 0 radical (unpaired) electrons. The van der Waals surface area contributed by atoms with E-state index in [0.29, 0.717) is 12.8 Å². The fourth-order valence-corrected chi connectivity index (χ4v) is 4.21. The fraction of sp³-hybridized carbons (Fsp3) is 0.222. The number of rotatable bonds is 9. The van der Waals surface area contributed by atoms with E-state index in [1.165, 1.54) is 12.1 Å². The Balaban J connectivity index is 1.32. The van der Waals surface area contributed by atoms with Crippen LogP contribution in [0.2, 0.25) is 0 Å². The molecular formula is C27H25FN2O5. The van der Waals surface area contributed by atoms with Crippen LogP contribution in [0.5, 0.6) is 0 Å². The van der Waals surface area contributed by atoms with Crippen LogP contribution in [0.4, 0.5) is 14.9 Å². The number of carboxylic acid groups (broad SMARTS) is 1. The van der Waals surface area contributed by atoms with Gasteiger partial charge in [0.15, 0.2) is 0 Å². The number of carboxylic acids is 1. The molecule has 7 nitrogen and oxygen atoms in total. The summed E-state index contributed by atoms with van der Waals surface area (Å²) >= 11 is 0. The first-order valence-electron chi connectivity index (χ1n) is 11.4. The Morgan fingerprint density at radius 2 is 1.57 bits per heavy atom. The van der Waals surface area contributed by atoms with Gasteiger partial charge in [0.05, 0.1) is 5.69 Å². The molecule has 0 heterocycles. The Hall–Kier alpha value is -4.20. The highest BCUT2D eigenvalue weighted by Crippen LogP contribution is 2.44. The lowest BCUT2D eigenvalue weighted by molar-refractivity contribution is -0.137. The van der Waals surface area contributed by atoms with E-state index in [-0.39, 0.29) is 36.7 Å². The van der Waals surface area contributed by atoms with E-state index in [9.17, 15) is 18.8 Å². The van der Waals surface area contributed by atoms with Gasteiger partial charge < -0.3 is 15.2 Å². The number of carbonyl (C=O) groups is 3. The third-order valence-corrected chi connectivity index (χ3v) is 5.91. The highest BCUT2D eigenvalue weighted by atomic mass is 19.1. The van der Waals surface area contributed by atoms with Crippen LogP contribution in [-0.4, -0.2) is 36.2 Å². The number of ether oxygens (including phenoxy) is 1. The van der Waals surface area contributed by atoms with Crippen molar-refractivity contribution in [3.63, 3.8) is 0 Å². The van der Waals surface area contributed by atoms with Crippen LogP contribution in [0.1, 0.15) is 46.7 Å². The van der Waals surface area contributed by atoms with Crippen LogP contribution in [0, 0.1) is 5.82 Å². The Morgan fingerprint density at radius 1 is 0.914 bits per heavy atom. The molecule has 0 unspecified atom stereocenters. The lowest BCUT2D eigenvalue weighted by Crippen LogP contribution is -2.25. The summed E-state index contributed by atoms with van der Waals surface area (Å²) < 4.78 is 20.0. The summed E-state index contributed by atoms with van der Waals surface area (Å²) in [4.78, 5) is 35.1. The van der Waals surface area contributed by atoms with Gasteiger partial charge >= 0.3 is 12.1 Å². The van der Waals surface area contributed by atoms with E-state index in [1.807, 2.05) is 48.5 Å². The van der Waals surface area contributed by atoms with Crippen molar-refractivity contribution in [2.24, 2.45) is 0 Å². The van der Waals surface area contributed by atoms with E-state index in [1.54, 1.807) is 0 Å². The minimum absolute atomic E-state index is 0.0285. The maximum atomic E-state index is 14.5. The van der Waals surface area contributed by atoms with Gasteiger partial charge in [-0.15, -0.1) is 0 Å². The highest BCUT2D eigenvalue weighted by molar-refractivity contribution is 5.95. The molecule has 1 aliphatic carbocycles. The largest absolute Gasteiger partial charge is 0.481 e. The Labute approximate surface area is 201 Å². The third-order valence-electron chi connectivity index (χ3n) is 5.91. The number of fused-ring (bicyclic) bond motifs is 3. The molecule has 0 fully saturated rings. The fourth-order valence-electron chi connectivity index (χ4n) is 4.21. The topological polar surface area (TPSA) is 105 Å². The van der Waals surface area contributed by atoms with Crippen LogP contribution >= 0.6 is 0 Å². The van der Waals surface area contributed by atoms with Gasteiger partial charge in [-0.3, -0.25) is 14.9 Å². The minimum Gasteiger partial charge on any atom is -0.481 e. The summed E-state index contributed by atoms with van der Waals surface area (Å²) in [5.41, 5.74) is 4.37. The smallest absolute Gasteiger partial charge is 0.411 e. The normalized spacial score (nSPS) is 11.9. The van der Waals surface area contributed by atoms with Crippen LogP contribution in [0.25, 0.3) is 11.1 Å². The van der Waals surface area contributed by atoms with E-state index < -0.39 is 23.8 Å². The second kappa shape index (κ2) is 10.8. The summed E-state index contributed by atoms with van der Waals surface area (Å²) in [5.74, 6) is -2.25. The zero-order chi connectivity index (χ0) is 24.8. The van der Waals surface area contributed by atoms with Gasteiger partial charge in [0, 0.05) is 24.4 Å². The molecule has 0 bridgehead atoms. The van der Waals surface area contributed by atoms with Gasteiger partial charge in [-0.1, -0.05) is 48.5 Å². The standard InChI is InChI=1S/C27H25FN2O5/c28-23-15-17(26(33)29-14-6-5-11-25(31)32)12-13-24(23)30-27(34)35-16-22-20-9-3-1-7-18(20)19-8-2-4-10-21(19)22/h1-4,7-10,12-13,15,22H,5-6,11,14,16H2,(H,29,33)(H,30,34)(H,31,32). The van der Waals surface area contributed by atoms with Crippen molar-refractivity contribution in [1.29, 1.82) is 0 Å². The predicted octanol–water partition coefficient (Wildman–Crippen LogP) is 5.17. The van der Waals surface area contributed by atoms with Crippen molar-refractivity contribution >= 4 is 23.7 Å². The zero-order valence-corrected chi connectivity index (χ0v) is 18.9. The second-order valence-corrected chi connectivity index (χ2v) is 8.25. The Morgan fingerprint density at radius 3 is 2.20 bits per heavy atom. The number of hydrogen-bond donors (Lipinski definition) is 3. The van der Waals surface area contributed by atoms with E-state index in [4.69, 9.17) is 9.84 Å². The molecule has 4 rings (SSSR count). The molecule has 0 aromatic heterocycles. The number of halogens is 1. The summed E-state index contributed by atoms with van der Waals surface area (Å²) in [5, 5.41) is 13.6. The molecule has 0 saturated carbocycles. The number of anilines is 1. The average Bonchev–Trinajstić information content (AvgIpc) is 3.17. The van der Waals surface area contributed by atoms with Gasteiger partial charge in [-0.05, 0) is 53.3 Å². The number of carbonyl (C=O) groups excluding carboxylic acids is 2. The molecule has 3 aromatic rings. The molecule has 3 aromatic carbocycles. The molecule has 8 heteroatoms. The van der Waals surface area contributed by atoms with Crippen molar-refractivity contribution < 1.29 is 28.6 Å². The lowest BCUT2D eigenvalue weighted by Gasteiger charge is -2.15. The maximum absolute atomic E-state index is 14.5. The zero-order valence-electron chi connectivity index (χ0n) is 18.9. The summed E-state index contributed by atoms with van der Waals surface area (Å²) in [6.07, 6.45) is 0.178. The van der Waals surface area contributed by atoms with Crippen LogP contribution in [-0.2, 0) is 9.53 Å². The first kappa shape index (κ1) is 23.9. The summed E-state index contributed by atoms with van der Waals surface area (Å²) in [6, 6.07) is 19.7. The third kappa shape index (κ3) is 5.66. The molecule has 180 valence electrons. The average molecular weight is 477 g/mol. The molecule has 1 aliphatic rings. The quantitative estimate of drug-likeness (QED) is 0.370. The lowest BCUT2D eigenvalue weighted by atomic mass is 9.98. The maximum Gasteiger partial charge on any atom is 0.411 e. The minimum atomic E-state index is -0.891. The van der Waals surface area contributed by atoms with E-state index in [0.717, 1.165) is 28.3 Å². The molecule has 0 spiro atoms. The molecular weight excluding hydrogens is 451 g/mol. The van der Waals surface area contributed by atoms with Gasteiger partial charge in [0.25, 0.3) is 5.91 Å². The number of hydrogen-bond acceptors (Lipinski definition) is 4. The summed E-state index contributed by atoms with van der Waals surface area (Å²) in [7, 11) is 0. The van der Waals surface area contributed by atoms with Gasteiger partial charge in [0.1, 0.15) is 12.4 Å². The molecule has 35 heavy (non-hydrogen) atoms. The highest BCUT2D eigenvalue weighted by Gasteiger charge is 2.29. The van der Waals surface area contributed by atoms with Crippen LogP contribution < -0.4 is 10.6 Å². The molecule has 0 saturated heterocycles. The first-order valence-corrected chi connectivity index (χ1v) is 11.4. The first-order chi connectivity index (χ1) is 16.9. The number of aliphatic carboxylic acids is 1. The van der Waals surface area contributed by atoms with Crippen molar-refractivity contribution in [2.45, 2.75) is 25.2 Å². The number of nitrogens with one attached hydrogen (secondary N) is 2. The molecule has 2 amide bonds. The van der Waals surface area contributed by atoms with Gasteiger partial charge in [-0.2, -0.15) is 0 Å². The second-order valence-electron chi connectivity index (χ2n) is 8.25. The number of benzene rings is 3. The molecule has 3 N–H and O–H groups in total. The van der Waals surface area contributed by atoms with Crippen molar-refractivity contribution in [3.8, 4) is 11.1 Å². The van der Waals surface area contributed by atoms with E-state index in [2.05, 4.69) is 10.6 Å². The van der Waals surface area contributed by atoms with E-state index >= 15 is 0 Å². The van der Waals surface area contributed by atoms with Gasteiger partial charge in [-0.25, -0.2) is 9.18 Å². The van der Waals surface area contributed by atoms with Crippen molar-refractivity contribution in [1.82, 2.24) is 5.32 Å². The Kier molecular flexibility index (Phi) is 7.40. The van der Waals surface area contributed by atoms with Crippen molar-refractivity contribution in [3.05, 3.63) is 89.2 Å². The molecule has 0 aliphatic heterocycles. The summed E-state index contributed by atoms with van der Waals surface area (Å²) in [6.45, 7) is 0.386. The van der Waals surface area contributed by atoms with Crippen molar-refractivity contribution in [2.75, 3.05) is 18.5 Å². The van der Waals surface area contributed by atoms with Gasteiger partial charge in [0.2, 0.25) is 0 Å². The number of unbranched alkanes of at least 4 members (excludes halogenated alkanes) is 1. The van der Waals surface area contributed by atoms with Crippen LogP contribution in [0.15, 0.2) is 66.7 Å². The van der Waals surface area contributed by atoms with Crippen LogP contribution in [0.3, 0.4) is 0 Å². The molecule has 0 atom stereocenters.